The minimum absolute atomic E-state index is 0.00191. The van der Waals surface area contributed by atoms with Crippen LogP contribution in [0.5, 0.6) is 0 Å². The molecule has 9 rings (SSSR count). The first-order valence-corrected chi connectivity index (χ1v) is 29.2. The summed E-state index contributed by atoms with van der Waals surface area (Å²) in [6.45, 7) is 13.5. The number of hydrogen-bond acceptors (Lipinski definition) is 14. The molecule has 1 unspecified atom stereocenters. The summed E-state index contributed by atoms with van der Waals surface area (Å²) in [5.41, 5.74) is 5.38. The lowest BCUT2D eigenvalue weighted by molar-refractivity contribution is -0.144. The van der Waals surface area contributed by atoms with Crippen LogP contribution in [0.3, 0.4) is 0 Å². The Kier molecular flexibility index (Phi) is 17.6. The smallest absolute Gasteiger partial charge is 0.246 e. The van der Waals surface area contributed by atoms with Crippen LogP contribution in [0.1, 0.15) is 73.6 Å². The molecule has 0 spiro atoms. The maximum Gasteiger partial charge on any atom is 0.246 e. The van der Waals surface area contributed by atoms with E-state index in [1.54, 1.807) is 23.6 Å². The summed E-state index contributed by atoms with van der Waals surface area (Å²) in [5.74, 6) is -4.52. The largest absolute Gasteiger partial charge is 0.396 e. The number of nitrogens with one attached hydrogen (secondary N) is 4. The molecular weight excluding hydrogens is 1050 g/mol. The van der Waals surface area contributed by atoms with Gasteiger partial charge in [0.1, 0.15) is 23.5 Å². The zero-order chi connectivity index (χ0) is 56.2. The molecule has 6 N–H and O–H groups in total. The molecule has 79 heavy (non-hydrogen) atoms. The zero-order valence-corrected chi connectivity index (χ0v) is 46.4. The standard InChI is InChI=1S/C57H68F2N10O8S2/c1-35-52(78-34-63-35)39-8-6-36(7-9-39)28-62-55(74)47-27-42(71)32-69(47)56(75)53(57(2,3)4)64-48(72)33-66-18-16-37(17-19-66)31-67-20-22-68(23-21-67)41-12-10-38(11-13-41)40-26-43-44(30-61-54(43)60-29-40)51(73)49-45(58)14-15-46(50(49)59)65-79(76,77)25-5-24-70/h6-15,26,29-30,34,37,42,47,53,65,70-71H,5,16-25,27-28,31-33H2,1-4H3,(H,60,61)(H,62,74)(H,64,72)/t42-,47+,53?/m1/s1. The summed E-state index contributed by atoms with van der Waals surface area (Å²) >= 11 is 1.57. The molecule has 0 radical (unpaired) electrons. The van der Waals surface area contributed by atoms with Crippen LogP contribution >= 0.6 is 11.3 Å². The minimum atomic E-state index is -4.08. The number of aliphatic hydroxyl groups excluding tert-OH is 2. The first kappa shape index (κ1) is 57.0. The third-order valence-corrected chi connectivity index (χ3v) is 17.5. The van der Waals surface area contributed by atoms with Crippen molar-refractivity contribution in [3.8, 4) is 21.6 Å². The van der Waals surface area contributed by atoms with E-state index in [2.05, 4.69) is 40.3 Å². The van der Waals surface area contributed by atoms with Crippen LogP contribution in [-0.4, -0.2) is 161 Å². The number of benzene rings is 3. The molecule has 3 atom stereocenters. The van der Waals surface area contributed by atoms with Gasteiger partial charge >= 0.3 is 0 Å². The number of piperazine rings is 1. The van der Waals surface area contributed by atoms with E-state index < -0.39 is 80.6 Å². The molecule has 3 aliphatic rings. The highest BCUT2D eigenvalue weighted by Gasteiger charge is 2.45. The molecule has 3 fully saturated rings. The number of aryl methyl sites for hydroxylation is 1. The van der Waals surface area contributed by atoms with E-state index in [9.17, 15) is 32.7 Å². The second kappa shape index (κ2) is 24.4. The number of ketones is 1. The van der Waals surface area contributed by atoms with Crippen molar-refractivity contribution in [3.05, 3.63) is 119 Å². The van der Waals surface area contributed by atoms with Crippen molar-refractivity contribution in [2.45, 2.75) is 78.1 Å². The van der Waals surface area contributed by atoms with Gasteiger partial charge in [0.05, 0.1) is 45.7 Å². The number of nitrogens with zero attached hydrogens (tertiary/aromatic N) is 6. The Bertz CT molecular complexity index is 3280. The van der Waals surface area contributed by atoms with Crippen LogP contribution in [0.4, 0.5) is 20.2 Å². The lowest BCUT2D eigenvalue weighted by atomic mass is 9.85. The Morgan fingerprint density at radius 2 is 1.61 bits per heavy atom. The number of likely N-dealkylation sites (tertiary alicyclic amines) is 2. The number of halogens is 2. The third-order valence-electron chi connectivity index (χ3n) is 15.2. The van der Waals surface area contributed by atoms with Gasteiger partial charge in [0, 0.05) is 93.4 Å². The molecule has 6 heterocycles. The van der Waals surface area contributed by atoms with Gasteiger partial charge in [-0.3, -0.25) is 33.7 Å². The Morgan fingerprint density at radius 1 is 0.899 bits per heavy atom. The molecule has 3 aliphatic heterocycles. The van der Waals surface area contributed by atoms with E-state index in [-0.39, 0.29) is 49.9 Å². The first-order valence-electron chi connectivity index (χ1n) is 26.7. The molecule has 3 aromatic heterocycles. The molecule has 3 amide bonds. The normalized spacial score (nSPS) is 18.2. The maximum atomic E-state index is 15.6. The molecule has 18 nitrogen and oxygen atoms in total. The van der Waals surface area contributed by atoms with Gasteiger partial charge in [0.15, 0.2) is 5.82 Å². The highest BCUT2D eigenvalue weighted by atomic mass is 32.2. The van der Waals surface area contributed by atoms with Gasteiger partial charge in [0.25, 0.3) is 0 Å². The average molecular weight is 1120 g/mol. The van der Waals surface area contributed by atoms with Crippen molar-refractivity contribution < 1.29 is 46.6 Å². The number of β-amino-alcohol motifs (C(OH)–C–C–N with tert-alkyl or cyclic N) is 1. The van der Waals surface area contributed by atoms with Gasteiger partial charge < -0.3 is 35.6 Å². The Hall–Kier alpha value is -6.69. The number of rotatable bonds is 19. The number of thiazole rings is 1. The molecule has 420 valence electrons. The van der Waals surface area contributed by atoms with E-state index in [0.717, 1.165) is 104 Å². The number of fused-ring (bicyclic) bond motifs is 1. The minimum Gasteiger partial charge on any atom is -0.396 e. The molecule has 0 aliphatic carbocycles. The SMILES string of the molecule is Cc1ncsc1-c1ccc(CNC(=O)[C@@H]2C[C@@H](O)CN2C(=O)C(NC(=O)CN2CCC(CN3CCN(c4ccc(-c5cnc6[nH]cc(C(=O)c7c(F)ccc(NS(=O)(=O)CCCO)c7F)c6c5)cc4)CC3)CC2)C(C)(C)C)cc1. The lowest BCUT2D eigenvalue weighted by Crippen LogP contribution is -2.59. The fraction of sp³-hybridized carbons (Fsp3) is 0.439. The molecule has 22 heteroatoms. The number of piperidine rings is 1. The number of aromatic amines is 1. The van der Waals surface area contributed by atoms with Crippen molar-refractivity contribution in [2.24, 2.45) is 11.3 Å². The van der Waals surface area contributed by atoms with Crippen molar-refractivity contribution in [2.75, 3.05) is 80.9 Å². The number of aliphatic hydroxyl groups is 2. The molecule has 3 aromatic carbocycles. The van der Waals surface area contributed by atoms with E-state index in [1.165, 1.54) is 11.1 Å². The molecule has 0 bridgehead atoms. The Labute approximate surface area is 462 Å². The zero-order valence-electron chi connectivity index (χ0n) is 44.8. The van der Waals surface area contributed by atoms with E-state index in [1.807, 2.05) is 86.5 Å². The van der Waals surface area contributed by atoms with Gasteiger partial charge in [-0.1, -0.05) is 57.2 Å². The summed E-state index contributed by atoms with van der Waals surface area (Å²) in [6.07, 6.45) is 3.99. The highest BCUT2D eigenvalue weighted by molar-refractivity contribution is 7.92. The van der Waals surface area contributed by atoms with Crippen LogP contribution in [0, 0.1) is 29.9 Å². The van der Waals surface area contributed by atoms with Crippen molar-refractivity contribution in [1.82, 2.24) is 40.3 Å². The number of hydrogen-bond donors (Lipinski definition) is 6. The van der Waals surface area contributed by atoms with Gasteiger partial charge in [0.2, 0.25) is 33.5 Å². The van der Waals surface area contributed by atoms with Gasteiger partial charge in [-0.2, -0.15) is 0 Å². The summed E-state index contributed by atoms with van der Waals surface area (Å²) < 4.78 is 57.6. The second-order valence-corrected chi connectivity index (χ2v) is 24.6. The number of carbonyl (C=O) groups is 4. The number of anilines is 2. The number of pyridine rings is 1. The molecular formula is C57H68F2N10O8S2. The summed E-state index contributed by atoms with van der Waals surface area (Å²) in [6, 6.07) is 17.6. The average Bonchev–Trinajstić information content (AvgIpc) is 4.27. The molecule has 0 saturated carbocycles. The third kappa shape index (κ3) is 13.5. The quantitative estimate of drug-likeness (QED) is 0.0517. The maximum absolute atomic E-state index is 15.6. The van der Waals surface area contributed by atoms with Gasteiger partial charge in [-0.05, 0) is 97.6 Å². The number of carbonyl (C=O) groups excluding carboxylic acids is 4. The Morgan fingerprint density at radius 3 is 2.28 bits per heavy atom. The fourth-order valence-corrected chi connectivity index (χ4v) is 12.6. The topological polar surface area (TPSA) is 233 Å². The predicted molar refractivity (Wildman–Crippen MR) is 300 cm³/mol. The van der Waals surface area contributed by atoms with Crippen molar-refractivity contribution in [3.63, 3.8) is 0 Å². The van der Waals surface area contributed by atoms with Crippen molar-refractivity contribution in [1.29, 1.82) is 0 Å². The Balaban J connectivity index is 0.728. The van der Waals surface area contributed by atoms with Crippen molar-refractivity contribution >= 4 is 67.3 Å². The monoisotopic (exact) mass is 1120 g/mol. The van der Waals surface area contributed by atoms with Gasteiger partial charge in [-0.15, -0.1) is 11.3 Å². The number of sulfonamides is 1. The number of aromatic nitrogens is 3. The van der Waals surface area contributed by atoms with E-state index >= 15 is 8.78 Å². The fourth-order valence-electron chi connectivity index (χ4n) is 10.7. The van der Waals surface area contributed by atoms with E-state index in [4.69, 9.17) is 5.11 Å². The van der Waals surface area contributed by atoms with Crippen LogP contribution in [0.15, 0.2) is 84.6 Å². The number of H-pyrrole nitrogens is 1. The first-order chi connectivity index (χ1) is 37.7. The van der Waals surface area contributed by atoms with E-state index in [0.29, 0.717) is 22.5 Å². The van der Waals surface area contributed by atoms with Crippen LogP contribution < -0.4 is 20.3 Å². The predicted octanol–water partition coefficient (Wildman–Crippen LogP) is 5.94. The van der Waals surface area contributed by atoms with Crippen LogP contribution in [0.25, 0.3) is 32.6 Å². The lowest BCUT2D eigenvalue weighted by Gasteiger charge is -2.40. The molecule has 6 aromatic rings. The highest BCUT2D eigenvalue weighted by Crippen LogP contribution is 2.33. The van der Waals surface area contributed by atoms with Crippen LogP contribution in [0.2, 0.25) is 0 Å². The second-order valence-electron chi connectivity index (χ2n) is 21.9. The summed E-state index contributed by atoms with van der Waals surface area (Å²) in [5, 5.41) is 26.0. The molecule has 3 saturated heterocycles. The van der Waals surface area contributed by atoms with Crippen LogP contribution in [-0.2, 0) is 31.0 Å². The summed E-state index contributed by atoms with van der Waals surface area (Å²) in [7, 11) is -4.08. The number of amides is 3. The van der Waals surface area contributed by atoms with Gasteiger partial charge in [-0.25, -0.2) is 27.2 Å². The summed E-state index contributed by atoms with van der Waals surface area (Å²) in [4.78, 5) is 76.3.